The van der Waals surface area contributed by atoms with Crippen molar-refractivity contribution in [3.8, 4) is 0 Å². The Balaban J connectivity index is 1.50. The van der Waals surface area contributed by atoms with Crippen molar-refractivity contribution in [2.45, 2.75) is 62.3 Å². The Kier molecular flexibility index (Phi) is 27.7. The van der Waals surface area contributed by atoms with Crippen LogP contribution in [0.3, 0.4) is 0 Å². The minimum Gasteiger partial charge on any atom is -0.378 e. The van der Waals surface area contributed by atoms with E-state index in [9.17, 15) is 0 Å². The third kappa shape index (κ3) is 19.5. The van der Waals surface area contributed by atoms with Crippen molar-refractivity contribution in [1.82, 2.24) is 51.1 Å². The molecule has 5 aliphatic heterocycles. The van der Waals surface area contributed by atoms with Crippen molar-refractivity contribution in [2.75, 3.05) is 213 Å². The lowest BCUT2D eigenvalue weighted by molar-refractivity contribution is 0.0537. The highest BCUT2D eigenvalue weighted by atomic mass is 28.5. The second kappa shape index (κ2) is 31.9. The Hall–Kier alpha value is 0.244. The van der Waals surface area contributed by atoms with Crippen molar-refractivity contribution in [3.63, 3.8) is 0 Å². The fourth-order valence-electron chi connectivity index (χ4n) is 9.99. The SMILES string of the molecule is CO[Si](CCCN1CCNCC1)(OC)O[Si](CCCN1CCNCC1)(OC)O[Si](CCCN1CCNCC1)(OC)O[Si](CCCN1CCNCC1)(OC)O[Si](CCCN1CCNCC1)(OC)OC. The predicted octanol–water partition coefficient (Wildman–Crippen LogP) is -0.251. The largest absolute Gasteiger partial charge is 0.493 e. The van der Waals surface area contributed by atoms with Crippen LogP contribution in [0.4, 0.5) is 0 Å². The number of nitrogens with zero attached hydrogens (tertiary/aromatic N) is 5. The molecule has 5 saturated heterocycles. The molecule has 2 atom stereocenters. The van der Waals surface area contributed by atoms with E-state index in [1.807, 2.05) is 0 Å². The van der Waals surface area contributed by atoms with E-state index >= 15 is 0 Å². The lowest BCUT2D eigenvalue weighted by atomic mass is 10.3. The monoisotopic (exact) mass is 1060 g/mol. The normalized spacial score (nSPS) is 23.3. The predicted molar refractivity (Wildman–Crippen MR) is 276 cm³/mol. The standard InChI is InChI=1S/C42H96N10O11Si5/c1-53-64(54-2,38-8-23-48-28-13-43-14-29-48)60-66(57-5,40-10-25-50-32-17-45-18-33-50)62-68(59-7,42-12-27-52-36-21-47-22-37-52)63-67(58-6,41-11-26-51-34-19-46-20-35-51)61-65(55-3,56-4)39-9-24-49-30-15-44-16-31-49/h43-47H,8-42H2,1-7H3. The fourth-order valence-corrected chi connectivity index (χ4v) is 30.5. The van der Waals surface area contributed by atoms with E-state index in [1.165, 1.54) is 0 Å². The van der Waals surface area contributed by atoms with Gasteiger partial charge in [0.05, 0.1) is 0 Å². The summed E-state index contributed by atoms with van der Waals surface area (Å²) in [5.41, 5.74) is 0. The maximum Gasteiger partial charge on any atom is 0.493 e. The summed E-state index contributed by atoms with van der Waals surface area (Å²) in [5, 5.41) is 17.4. The second-order valence-electron chi connectivity index (χ2n) is 18.7. The summed E-state index contributed by atoms with van der Waals surface area (Å²) in [6, 6.07) is 2.78. The highest BCUT2D eigenvalue weighted by Gasteiger charge is 2.63. The van der Waals surface area contributed by atoms with Gasteiger partial charge in [-0.2, -0.15) is 0 Å². The van der Waals surface area contributed by atoms with E-state index in [2.05, 4.69) is 51.1 Å². The molecule has 400 valence electrons. The van der Waals surface area contributed by atoms with Gasteiger partial charge in [-0.1, -0.05) is 0 Å². The summed E-state index contributed by atoms with van der Waals surface area (Å²) in [5.74, 6) is 0. The van der Waals surface area contributed by atoms with Crippen LogP contribution in [0.5, 0.6) is 0 Å². The van der Waals surface area contributed by atoms with Crippen molar-refractivity contribution < 1.29 is 47.4 Å². The molecule has 0 saturated carbocycles. The summed E-state index contributed by atoms with van der Waals surface area (Å²) >= 11 is 0. The van der Waals surface area contributed by atoms with Crippen LogP contribution in [0.2, 0.25) is 30.2 Å². The molecule has 0 aromatic carbocycles. The first-order valence-corrected chi connectivity index (χ1v) is 35.6. The van der Waals surface area contributed by atoms with Gasteiger partial charge in [0.15, 0.2) is 0 Å². The van der Waals surface area contributed by atoms with Gasteiger partial charge in [0, 0.05) is 211 Å². The van der Waals surface area contributed by atoms with Gasteiger partial charge in [0.1, 0.15) is 0 Å². The maximum atomic E-state index is 7.71. The van der Waals surface area contributed by atoms with Crippen LogP contribution < -0.4 is 26.6 Å². The number of hydrogen-bond acceptors (Lipinski definition) is 21. The molecule has 0 spiro atoms. The first kappa shape index (κ1) is 59.1. The summed E-state index contributed by atoms with van der Waals surface area (Å²) in [6.45, 7) is 24.3. The van der Waals surface area contributed by atoms with E-state index in [0.717, 1.165) is 196 Å². The van der Waals surface area contributed by atoms with E-state index in [0.29, 0.717) is 30.2 Å². The molecule has 5 N–H and O–H groups in total. The summed E-state index contributed by atoms with van der Waals surface area (Å²) in [7, 11) is -6.26. The Labute approximate surface area is 416 Å². The smallest absolute Gasteiger partial charge is 0.378 e. The van der Waals surface area contributed by atoms with Crippen LogP contribution in [0, 0.1) is 0 Å². The number of nitrogens with one attached hydrogen (secondary N) is 5. The number of piperazine rings is 5. The van der Waals surface area contributed by atoms with Crippen LogP contribution in [-0.4, -0.2) is 282 Å². The topological polar surface area (TPSA) is 178 Å². The summed E-state index contributed by atoms with van der Waals surface area (Å²) in [6.07, 6.45) is 4.06. The molecule has 21 nitrogen and oxygen atoms in total. The van der Waals surface area contributed by atoms with Crippen LogP contribution in [0.25, 0.3) is 0 Å². The highest BCUT2D eigenvalue weighted by Crippen LogP contribution is 2.37. The molecule has 0 amide bonds. The molecule has 0 bridgehead atoms. The van der Waals surface area contributed by atoms with Gasteiger partial charge < -0.3 is 98.5 Å². The van der Waals surface area contributed by atoms with E-state index < -0.39 is 44.0 Å². The quantitative estimate of drug-likeness (QED) is 0.0525. The van der Waals surface area contributed by atoms with Crippen LogP contribution in [0.15, 0.2) is 0 Å². The molecule has 0 aliphatic carbocycles. The molecule has 5 heterocycles. The second-order valence-corrected chi connectivity index (χ2v) is 34.2. The molecule has 5 aliphatic rings. The fraction of sp³-hybridized carbons (Fsp3) is 1.00. The van der Waals surface area contributed by atoms with Gasteiger partial charge in [-0.05, 0) is 64.8 Å². The molecule has 0 radical (unpaired) electrons. The average Bonchev–Trinajstić information content (AvgIpc) is 3.39. The zero-order chi connectivity index (χ0) is 48.4. The average molecular weight is 1060 g/mol. The minimum absolute atomic E-state index is 0.501. The third-order valence-electron chi connectivity index (χ3n) is 14.3. The molecule has 26 heteroatoms. The van der Waals surface area contributed by atoms with Crippen molar-refractivity contribution >= 4 is 44.0 Å². The maximum absolute atomic E-state index is 7.71. The Morgan fingerprint density at radius 2 is 0.426 bits per heavy atom. The van der Waals surface area contributed by atoms with Crippen molar-refractivity contribution in [3.05, 3.63) is 0 Å². The van der Waals surface area contributed by atoms with E-state index in [4.69, 9.17) is 47.4 Å². The van der Waals surface area contributed by atoms with Crippen molar-refractivity contribution in [1.29, 1.82) is 0 Å². The molecule has 2 unspecified atom stereocenters. The minimum atomic E-state index is -3.89. The molecule has 5 fully saturated rings. The van der Waals surface area contributed by atoms with Gasteiger partial charge in [-0.3, -0.25) is 0 Å². The van der Waals surface area contributed by atoms with Gasteiger partial charge in [-0.25, -0.2) is 0 Å². The highest BCUT2D eigenvalue weighted by molar-refractivity contribution is 6.85. The lowest BCUT2D eigenvalue weighted by Crippen LogP contribution is -2.68. The van der Waals surface area contributed by atoms with Crippen molar-refractivity contribution in [2.24, 2.45) is 0 Å². The summed E-state index contributed by atoms with van der Waals surface area (Å²) < 4.78 is 76.2. The lowest BCUT2D eigenvalue weighted by Gasteiger charge is -2.45. The molecule has 0 aromatic rings. The van der Waals surface area contributed by atoms with Gasteiger partial charge in [0.2, 0.25) is 0 Å². The van der Waals surface area contributed by atoms with Gasteiger partial charge in [-0.15, -0.1) is 0 Å². The zero-order valence-corrected chi connectivity index (χ0v) is 48.5. The number of rotatable bonds is 35. The Bertz CT molecular complexity index is 1240. The van der Waals surface area contributed by atoms with Gasteiger partial charge in [0.25, 0.3) is 0 Å². The van der Waals surface area contributed by atoms with Gasteiger partial charge >= 0.3 is 44.0 Å². The number of hydrogen-bond donors (Lipinski definition) is 5. The first-order valence-electron chi connectivity index (χ1n) is 26.0. The first-order chi connectivity index (χ1) is 33.1. The molecular weight excluding hydrogens is 961 g/mol. The van der Waals surface area contributed by atoms with Crippen LogP contribution in [0.1, 0.15) is 32.1 Å². The third-order valence-corrected chi connectivity index (χ3v) is 33.4. The van der Waals surface area contributed by atoms with Crippen LogP contribution >= 0.6 is 0 Å². The Morgan fingerprint density at radius 3 is 0.603 bits per heavy atom. The molecular formula is C42H96N10O11Si5. The zero-order valence-electron chi connectivity index (χ0n) is 43.5. The van der Waals surface area contributed by atoms with Crippen LogP contribution in [-0.2, 0) is 47.4 Å². The molecule has 68 heavy (non-hydrogen) atoms. The molecule has 5 rings (SSSR count). The summed E-state index contributed by atoms with van der Waals surface area (Å²) in [4.78, 5) is 12.5. The molecule has 0 aromatic heterocycles. The Morgan fingerprint density at radius 1 is 0.265 bits per heavy atom. The van der Waals surface area contributed by atoms with E-state index in [-0.39, 0.29) is 0 Å². The van der Waals surface area contributed by atoms with E-state index in [1.54, 1.807) is 49.8 Å².